The number of hydrogen-bond donors (Lipinski definition) is 2. The van der Waals surface area contributed by atoms with Gasteiger partial charge in [-0.05, 0) is 24.6 Å². The molecule has 0 aromatic heterocycles. The molecule has 0 saturated heterocycles. The second-order valence-electron chi connectivity index (χ2n) is 3.27. The van der Waals surface area contributed by atoms with E-state index in [0.29, 0.717) is 0 Å². The zero-order chi connectivity index (χ0) is 13.0. The summed E-state index contributed by atoms with van der Waals surface area (Å²) >= 11 is 0. The maximum atomic E-state index is 11.1. The molecule has 0 spiro atoms. The molecule has 1 rings (SSSR count). The van der Waals surface area contributed by atoms with Gasteiger partial charge in [-0.25, -0.2) is 9.59 Å². The van der Waals surface area contributed by atoms with Crippen LogP contribution in [0.2, 0.25) is 0 Å². The quantitative estimate of drug-likeness (QED) is 0.755. The molecule has 1 aromatic carbocycles. The minimum Gasteiger partial charge on any atom is -0.478 e. The van der Waals surface area contributed by atoms with Gasteiger partial charge in [0.25, 0.3) is 0 Å². The summed E-state index contributed by atoms with van der Waals surface area (Å²) in [4.78, 5) is 21.9. The maximum absolute atomic E-state index is 11.1. The first kappa shape index (κ1) is 13.0. The lowest BCUT2D eigenvalue weighted by Gasteiger charge is -2.11. The molecular formula is C11H12O6. The Labute approximate surface area is 97.4 Å². The van der Waals surface area contributed by atoms with Gasteiger partial charge in [0.1, 0.15) is 11.3 Å². The molecule has 6 heteroatoms. The Morgan fingerprint density at radius 1 is 1.24 bits per heavy atom. The third-order valence-corrected chi connectivity index (χ3v) is 2.20. The van der Waals surface area contributed by atoms with E-state index in [0.717, 1.165) is 0 Å². The van der Waals surface area contributed by atoms with Crippen LogP contribution in [0, 0.1) is 6.92 Å². The molecule has 2 N–H and O–H groups in total. The molecular weight excluding hydrogens is 228 g/mol. The van der Waals surface area contributed by atoms with Gasteiger partial charge in [-0.15, -0.1) is 0 Å². The summed E-state index contributed by atoms with van der Waals surface area (Å²) < 4.78 is 9.73. The predicted octanol–water partition coefficient (Wildman–Crippen LogP) is 1.37. The number of rotatable bonds is 5. The number of carbonyl (C=O) groups is 2. The van der Waals surface area contributed by atoms with Crippen LogP contribution in [0.3, 0.4) is 0 Å². The van der Waals surface area contributed by atoms with Gasteiger partial charge in [-0.3, -0.25) is 0 Å². The van der Waals surface area contributed by atoms with Crippen molar-refractivity contribution in [3.8, 4) is 5.75 Å². The standard InChI is InChI=1S/C11H12O6/c1-6-7(10(12)13)3-4-8(17-5-16-2)9(6)11(14)15/h3-4H,5H2,1-2H3,(H,12,13)(H,14,15). The first-order valence-corrected chi connectivity index (χ1v) is 4.71. The lowest BCUT2D eigenvalue weighted by molar-refractivity contribution is 0.0482. The average molecular weight is 240 g/mol. The number of ether oxygens (including phenoxy) is 2. The Bertz CT molecular complexity index is 452. The third-order valence-electron chi connectivity index (χ3n) is 2.20. The molecule has 0 amide bonds. The van der Waals surface area contributed by atoms with Gasteiger partial charge in [0, 0.05) is 7.11 Å². The topological polar surface area (TPSA) is 93.1 Å². The van der Waals surface area contributed by atoms with E-state index in [4.69, 9.17) is 14.9 Å². The van der Waals surface area contributed by atoms with Crippen molar-refractivity contribution in [3.63, 3.8) is 0 Å². The summed E-state index contributed by atoms with van der Waals surface area (Å²) in [6.07, 6.45) is 0. The summed E-state index contributed by atoms with van der Waals surface area (Å²) in [7, 11) is 1.40. The van der Waals surface area contributed by atoms with Crippen molar-refractivity contribution in [2.75, 3.05) is 13.9 Å². The van der Waals surface area contributed by atoms with Crippen molar-refractivity contribution in [3.05, 3.63) is 28.8 Å². The molecule has 0 unspecified atom stereocenters. The summed E-state index contributed by atoms with van der Waals surface area (Å²) in [5.41, 5.74) is -0.0762. The Morgan fingerprint density at radius 2 is 1.88 bits per heavy atom. The van der Waals surface area contributed by atoms with Gasteiger partial charge >= 0.3 is 11.9 Å². The van der Waals surface area contributed by atoms with E-state index >= 15 is 0 Å². The lowest BCUT2D eigenvalue weighted by Crippen LogP contribution is -2.11. The fourth-order valence-electron chi connectivity index (χ4n) is 1.43. The predicted molar refractivity (Wildman–Crippen MR) is 57.6 cm³/mol. The van der Waals surface area contributed by atoms with Crippen molar-refractivity contribution in [1.82, 2.24) is 0 Å². The third kappa shape index (κ3) is 2.73. The molecule has 0 aliphatic rings. The van der Waals surface area contributed by atoms with Crippen LogP contribution in [0.5, 0.6) is 5.75 Å². The highest BCUT2D eigenvalue weighted by atomic mass is 16.7. The number of benzene rings is 1. The molecule has 0 bridgehead atoms. The zero-order valence-electron chi connectivity index (χ0n) is 9.39. The average Bonchev–Trinajstić information content (AvgIpc) is 2.25. The fraction of sp³-hybridized carbons (Fsp3) is 0.273. The molecule has 0 radical (unpaired) electrons. The van der Waals surface area contributed by atoms with Gasteiger partial charge in [-0.1, -0.05) is 0 Å². The molecule has 17 heavy (non-hydrogen) atoms. The molecule has 0 heterocycles. The Morgan fingerprint density at radius 3 is 2.35 bits per heavy atom. The summed E-state index contributed by atoms with van der Waals surface area (Å²) in [6.45, 7) is 1.32. The number of hydrogen-bond acceptors (Lipinski definition) is 4. The van der Waals surface area contributed by atoms with Crippen LogP contribution >= 0.6 is 0 Å². The van der Waals surface area contributed by atoms with E-state index in [-0.39, 0.29) is 29.2 Å². The smallest absolute Gasteiger partial charge is 0.339 e. The van der Waals surface area contributed by atoms with Gasteiger partial charge < -0.3 is 19.7 Å². The van der Waals surface area contributed by atoms with E-state index < -0.39 is 11.9 Å². The molecule has 0 atom stereocenters. The number of aromatic carboxylic acids is 2. The van der Waals surface area contributed by atoms with E-state index in [1.165, 1.54) is 26.2 Å². The van der Waals surface area contributed by atoms with Gasteiger partial charge in [0.05, 0.1) is 5.56 Å². The van der Waals surface area contributed by atoms with Gasteiger partial charge in [0.15, 0.2) is 6.79 Å². The Balaban J connectivity index is 3.29. The second-order valence-corrected chi connectivity index (χ2v) is 3.27. The Hall–Kier alpha value is -2.08. The van der Waals surface area contributed by atoms with Crippen LogP contribution in [-0.2, 0) is 4.74 Å². The first-order valence-electron chi connectivity index (χ1n) is 4.71. The van der Waals surface area contributed by atoms with Crippen molar-refractivity contribution >= 4 is 11.9 Å². The first-order chi connectivity index (χ1) is 7.99. The van der Waals surface area contributed by atoms with Gasteiger partial charge in [-0.2, -0.15) is 0 Å². The molecule has 0 fully saturated rings. The zero-order valence-corrected chi connectivity index (χ0v) is 9.39. The molecule has 0 saturated carbocycles. The number of carboxylic acid groups (broad SMARTS) is 2. The van der Waals surface area contributed by atoms with Crippen LogP contribution in [0.15, 0.2) is 12.1 Å². The maximum Gasteiger partial charge on any atom is 0.339 e. The molecule has 0 aliphatic carbocycles. The van der Waals surface area contributed by atoms with Crippen LogP contribution < -0.4 is 4.74 Å². The molecule has 0 aliphatic heterocycles. The minimum atomic E-state index is -1.24. The second kappa shape index (κ2) is 5.31. The fourth-order valence-corrected chi connectivity index (χ4v) is 1.43. The highest BCUT2D eigenvalue weighted by Gasteiger charge is 2.20. The SMILES string of the molecule is COCOc1ccc(C(=O)O)c(C)c1C(=O)O. The largest absolute Gasteiger partial charge is 0.478 e. The molecule has 6 nitrogen and oxygen atoms in total. The van der Waals surface area contributed by atoms with Crippen LogP contribution in [0.4, 0.5) is 0 Å². The van der Waals surface area contributed by atoms with Crippen LogP contribution in [0.1, 0.15) is 26.3 Å². The molecule has 92 valence electrons. The van der Waals surface area contributed by atoms with Crippen molar-refractivity contribution in [2.24, 2.45) is 0 Å². The summed E-state index contributed by atoms with van der Waals surface area (Å²) in [5, 5.41) is 17.9. The van der Waals surface area contributed by atoms with E-state index in [1.807, 2.05) is 0 Å². The minimum absolute atomic E-state index is 0.0628. The number of methoxy groups -OCH3 is 1. The van der Waals surface area contributed by atoms with E-state index in [1.54, 1.807) is 0 Å². The van der Waals surface area contributed by atoms with E-state index in [9.17, 15) is 9.59 Å². The summed E-state index contributed by atoms with van der Waals surface area (Å²) in [5.74, 6) is -2.33. The number of carboxylic acids is 2. The van der Waals surface area contributed by atoms with Crippen molar-refractivity contribution < 1.29 is 29.3 Å². The van der Waals surface area contributed by atoms with Crippen LogP contribution in [0.25, 0.3) is 0 Å². The van der Waals surface area contributed by atoms with Gasteiger partial charge in [0.2, 0.25) is 0 Å². The molecule has 1 aromatic rings. The Kier molecular flexibility index (Phi) is 4.06. The summed E-state index contributed by atoms with van der Waals surface area (Å²) in [6, 6.07) is 2.61. The van der Waals surface area contributed by atoms with Crippen molar-refractivity contribution in [2.45, 2.75) is 6.92 Å². The van der Waals surface area contributed by atoms with Crippen molar-refractivity contribution in [1.29, 1.82) is 0 Å². The normalized spacial score (nSPS) is 10.0. The van der Waals surface area contributed by atoms with E-state index in [2.05, 4.69) is 4.74 Å². The monoisotopic (exact) mass is 240 g/mol. The highest BCUT2D eigenvalue weighted by Crippen LogP contribution is 2.25. The highest BCUT2D eigenvalue weighted by molar-refractivity contribution is 5.98. The van der Waals surface area contributed by atoms with Crippen LogP contribution in [-0.4, -0.2) is 36.1 Å². The lowest BCUT2D eigenvalue weighted by atomic mass is 10.0.